The highest BCUT2D eigenvalue weighted by Gasteiger charge is 2.47. The lowest BCUT2D eigenvalue weighted by molar-refractivity contribution is -0.138. The van der Waals surface area contributed by atoms with Crippen molar-refractivity contribution in [3.05, 3.63) is 59.7 Å². The first-order valence-corrected chi connectivity index (χ1v) is 10.3. The first-order chi connectivity index (χ1) is 14.3. The smallest absolute Gasteiger partial charge is 0.412 e. The van der Waals surface area contributed by atoms with E-state index in [-0.39, 0.29) is 30.9 Å². The third-order valence-corrected chi connectivity index (χ3v) is 6.21. The third-order valence-electron chi connectivity index (χ3n) is 6.21. The van der Waals surface area contributed by atoms with Gasteiger partial charge in [-0.25, -0.2) is 4.79 Å². The van der Waals surface area contributed by atoms with Gasteiger partial charge >= 0.3 is 12.1 Å². The number of carboxylic acids is 1. The van der Waals surface area contributed by atoms with E-state index in [4.69, 9.17) is 14.6 Å². The minimum atomic E-state index is -0.889. The number of rotatable bonds is 5. The summed E-state index contributed by atoms with van der Waals surface area (Å²) >= 11 is 0. The Bertz CT molecular complexity index is 924. The van der Waals surface area contributed by atoms with Crippen molar-refractivity contribution in [2.45, 2.75) is 44.9 Å². The van der Waals surface area contributed by atoms with Crippen LogP contribution in [0.5, 0.6) is 0 Å². The predicted molar refractivity (Wildman–Crippen MR) is 112 cm³/mol. The molecule has 30 heavy (non-hydrogen) atoms. The topological polar surface area (TPSA) is 76.1 Å². The van der Waals surface area contributed by atoms with Crippen LogP contribution in [0.3, 0.4) is 0 Å². The van der Waals surface area contributed by atoms with E-state index >= 15 is 0 Å². The molecule has 4 rings (SSSR count). The van der Waals surface area contributed by atoms with Gasteiger partial charge < -0.3 is 14.6 Å². The summed E-state index contributed by atoms with van der Waals surface area (Å²) in [5.41, 5.74) is 3.80. The van der Waals surface area contributed by atoms with Gasteiger partial charge in [0.2, 0.25) is 0 Å². The number of carbonyl (C=O) groups excluding carboxylic acids is 1. The molecule has 2 aliphatic rings. The highest BCUT2D eigenvalue weighted by Crippen LogP contribution is 2.44. The molecule has 6 nitrogen and oxygen atoms in total. The van der Waals surface area contributed by atoms with Gasteiger partial charge in [-0.15, -0.1) is 0 Å². The summed E-state index contributed by atoms with van der Waals surface area (Å²) in [7, 11) is 0. The van der Waals surface area contributed by atoms with Gasteiger partial charge in [-0.2, -0.15) is 0 Å². The van der Waals surface area contributed by atoms with Crippen LogP contribution < -0.4 is 0 Å². The molecule has 1 heterocycles. The van der Waals surface area contributed by atoms with Crippen LogP contribution in [0.2, 0.25) is 0 Å². The van der Waals surface area contributed by atoms with E-state index in [0.717, 1.165) is 11.1 Å². The normalized spacial score (nSPS) is 20.5. The number of amides is 1. The van der Waals surface area contributed by atoms with Crippen LogP contribution in [0.25, 0.3) is 11.1 Å². The minimum Gasteiger partial charge on any atom is -0.481 e. The second-order valence-corrected chi connectivity index (χ2v) is 8.57. The maximum Gasteiger partial charge on any atom is 0.412 e. The summed E-state index contributed by atoms with van der Waals surface area (Å²) in [4.78, 5) is 25.8. The van der Waals surface area contributed by atoms with Gasteiger partial charge in [0, 0.05) is 12.3 Å². The van der Waals surface area contributed by atoms with Gasteiger partial charge in [-0.1, -0.05) is 55.5 Å². The molecule has 1 amide bonds. The zero-order valence-electron chi connectivity index (χ0n) is 17.5. The Kier molecular flexibility index (Phi) is 5.28. The van der Waals surface area contributed by atoms with Crippen LogP contribution in [0.4, 0.5) is 4.79 Å². The van der Waals surface area contributed by atoms with Crippen LogP contribution >= 0.6 is 0 Å². The lowest BCUT2D eigenvalue weighted by Crippen LogP contribution is -2.50. The molecule has 0 aromatic heterocycles. The molecule has 0 saturated carbocycles. The van der Waals surface area contributed by atoms with E-state index in [0.29, 0.717) is 6.61 Å². The summed E-state index contributed by atoms with van der Waals surface area (Å²) in [5.74, 6) is -1.16. The fourth-order valence-corrected chi connectivity index (χ4v) is 4.68. The third kappa shape index (κ3) is 3.56. The molecule has 2 unspecified atom stereocenters. The Hall–Kier alpha value is -2.86. The summed E-state index contributed by atoms with van der Waals surface area (Å²) in [6.45, 7) is 5.96. The highest BCUT2D eigenvalue weighted by molar-refractivity contribution is 5.79. The Morgan fingerprint density at radius 3 is 2.27 bits per heavy atom. The molecule has 2 aromatic rings. The van der Waals surface area contributed by atoms with Crippen molar-refractivity contribution in [1.29, 1.82) is 0 Å². The fourth-order valence-electron chi connectivity index (χ4n) is 4.68. The zero-order valence-corrected chi connectivity index (χ0v) is 17.5. The van der Waals surface area contributed by atoms with E-state index in [2.05, 4.69) is 24.3 Å². The predicted octanol–water partition coefficient (Wildman–Crippen LogP) is 4.48. The number of nitrogens with zero attached hydrogens (tertiary/aromatic N) is 1. The molecule has 0 bridgehead atoms. The van der Waals surface area contributed by atoms with Crippen molar-refractivity contribution in [3.63, 3.8) is 0 Å². The van der Waals surface area contributed by atoms with Crippen LogP contribution in [0.1, 0.15) is 44.2 Å². The molecule has 1 aliphatic heterocycles. The lowest BCUT2D eigenvalue weighted by atomic mass is 9.97. The molecule has 1 fully saturated rings. The Morgan fingerprint density at radius 1 is 1.13 bits per heavy atom. The molecule has 0 radical (unpaired) electrons. The maximum absolute atomic E-state index is 13.1. The SMILES string of the molecule is CC(CC(=O)O)C1COC(C)(C)N1C(=O)OCC1c2ccccc2-c2ccccc21. The van der Waals surface area contributed by atoms with Crippen molar-refractivity contribution >= 4 is 12.1 Å². The average Bonchev–Trinajstić information content (AvgIpc) is 3.20. The molecule has 2 atom stereocenters. The first-order valence-electron chi connectivity index (χ1n) is 10.3. The van der Waals surface area contributed by atoms with Gasteiger partial charge in [0.05, 0.1) is 12.6 Å². The van der Waals surface area contributed by atoms with Crippen LogP contribution in [-0.2, 0) is 14.3 Å². The summed E-state index contributed by atoms with van der Waals surface area (Å²) in [5, 5.41) is 9.16. The van der Waals surface area contributed by atoms with Crippen LogP contribution in [-0.4, -0.2) is 47.0 Å². The maximum atomic E-state index is 13.1. The minimum absolute atomic E-state index is 0.0251. The highest BCUT2D eigenvalue weighted by atomic mass is 16.6. The second-order valence-electron chi connectivity index (χ2n) is 8.57. The van der Waals surface area contributed by atoms with Crippen molar-refractivity contribution in [1.82, 2.24) is 4.90 Å². The van der Waals surface area contributed by atoms with Gasteiger partial charge in [0.15, 0.2) is 0 Å². The largest absolute Gasteiger partial charge is 0.481 e. The Labute approximate surface area is 176 Å². The molecule has 158 valence electrons. The van der Waals surface area contributed by atoms with Crippen molar-refractivity contribution in [2.75, 3.05) is 13.2 Å². The summed E-state index contributed by atoms with van der Waals surface area (Å²) in [6, 6.07) is 16.0. The molecule has 6 heteroatoms. The van der Waals surface area contributed by atoms with Crippen LogP contribution in [0, 0.1) is 5.92 Å². The summed E-state index contributed by atoms with van der Waals surface area (Å²) in [6.07, 6.45) is -0.501. The van der Waals surface area contributed by atoms with Crippen molar-refractivity contribution < 1.29 is 24.2 Å². The first kappa shape index (κ1) is 20.4. The van der Waals surface area contributed by atoms with Gasteiger partial charge in [0.25, 0.3) is 0 Å². The van der Waals surface area contributed by atoms with Crippen molar-refractivity contribution in [2.24, 2.45) is 5.92 Å². The van der Waals surface area contributed by atoms with Crippen LogP contribution in [0.15, 0.2) is 48.5 Å². The quantitative estimate of drug-likeness (QED) is 0.788. The number of carboxylic acid groups (broad SMARTS) is 1. The monoisotopic (exact) mass is 409 g/mol. The number of hydrogen-bond acceptors (Lipinski definition) is 4. The molecule has 0 spiro atoms. The molecule has 1 aliphatic carbocycles. The van der Waals surface area contributed by atoms with E-state index in [9.17, 15) is 9.59 Å². The second kappa shape index (κ2) is 7.76. The molecule has 1 saturated heterocycles. The standard InChI is InChI=1S/C24H27NO5/c1-15(12-22(26)27)21-14-30-24(2,3)25(21)23(28)29-13-20-18-10-6-4-8-16(18)17-9-5-7-11-19(17)20/h4-11,15,20-21H,12-14H2,1-3H3,(H,26,27). The van der Waals surface area contributed by atoms with Crippen molar-refractivity contribution in [3.8, 4) is 11.1 Å². The van der Waals surface area contributed by atoms with Gasteiger partial charge in [0.1, 0.15) is 12.3 Å². The number of hydrogen-bond donors (Lipinski definition) is 1. The number of aliphatic carboxylic acids is 1. The number of benzene rings is 2. The molecule has 2 aromatic carbocycles. The van der Waals surface area contributed by atoms with E-state index in [1.807, 2.05) is 45.0 Å². The van der Waals surface area contributed by atoms with Gasteiger partial charge in [-0.3, -0.25) is 9.69 Å². The summed E-state index contributed by atoms with van der Waals surface area (Å²) < 4.78 is 11.6. The molecular formula is C24H27NO5. The Morgan fingerprint density at radius 2 is 1.70 bits per heavy atom. The van der Waals surface area contributed by atoms with E-state index < -0.39 is 17.8 Å². The Balaban J connectivity index is 1.53. The van der Waals surface area contributed by atoms with E-state index in [1.165, 1.54) is 11.1 Å². The zero-order chi connectivity index (χ0) is 21.5. The lowest BCUT2D eigenvalue weighted by Gasteiger charge is -2.35. The van der Waals surface area contributed by atoms with Gasteiger partial charge in [-0.05, 0) is 42.0 Å². The van der Waals surface area contributed by atoms with E-state index in [1.54, 1.807) is 4.90 Å². The number of carbonyl (C=O) groups is 2. The number of ether oxygens (including phenoxy) is 2. The molecular weight excluding hydrogens is 382 g/mol. The number of fused-ring (bicyclic) bond motifs is 3. The fraction of sp³-hybridized carbons (Fsp3) is 0.417. The average molecular weight is 409 g/mol. The molecule has 1 N–H and O–H groups in total.